The molecule has 0 aliphatic heterocycles. The number of furan rings is 1. The largest absolute Gasteiger partial charge is 0.494 e. The van der Waals surface area contributed by atoms with Gasteiger partial charge >= 0.3 is 11.9 Å². The summed E-state index contributed by atoms with van der Waals surface area (Å²) in [7, 11) is 0. The van der Waals surface area contributed by atoms with E-state index in [-0.39, 0.29) is 5.76 Å². The molecule has 1 amide bonds. The molecule has 2 rings (SSSR count). The number of carbonyl (C=O) groups is 3. The molecule has 0 saturated heterocycles. The van der Waals surface area contributed by atoms with Gasteiger partial charge < -0.3 is 30.4 Å². The monoisotopic (exact) mass is 390 g/mol. The van der Waals surface area contributed by atoms with Crippen molar-refractivity contribution < 1.29 is 33.8 Å². The normalized spacial score (nSPS) is 11.6. The van der Waals surface area contributed by atoms with Gasteiger partial charge in [-0.3, -0.25) is 9.59 Å². The van der Waals surface area contributed by atoms with Crippen molar-refractivity contribution in [2.45, 2.75) is 25.3 Å². The van der Waals surface area contributed by atoms with Crippen LogP contribution >= 0.6 is 0 Å². The number of hydrogen-bond donors (Lipinski definition) is 4. The van der Waals surface area contributed by atoms with Crippen molar-refractivity contribution in [1.82, 2.24) is 5.32 Å². The Balaban J connectivity index is 1.99. The highest BCUT2D eigenvalue weighted by molar-refractivity contribution is 5.95. The standard InChI is InChI=1S/C19H22N2O7/c20-9-1-2-10-27-13-5-3-12(4-6-13)15-7-8-16(28-15)18(24)21-14(19(25)26)11-17(22)23/h3-8,14H,1-2,9-11,20H2,(H,21,24)(H,22,23)(H,25,26)/t14-/m0/s1. The number of carboxylic acids is 2. The molecule has 0 aliphatic carbocycles. The maximum absolute atomic E-state index is 12.1. The lowest BCUT2D eigenvalue weighted by Crippen LogP contribution is -2.42. The lowest BCUT2D eigenvalue weighted by atomic mass is 10.2. The quantitative estimate of drug-likeness (QED) is 0.423. The first kappa shape index (κ1) is 21.0. The van der Waals surface area contributed by atoms with Crippen LogP contribution in [0.4, 0.5) is 0 Å². The molecule has 150 valence electrons. The average Bonchev–Trinajstić information content (AvgIpc) is 3.15. The second-order valence-corrected chi connectivity index (χ2v) is 5.99. The number of nitrogens with two attached hydrogens (primary N) is 1. The predicted molar refractivity (Wildman–Crippen MR) is 99.1 cm³/mol. The summed E-state index contributed by atoms with van der Waals surface area (Å²) in [6, 6.07) is 8.49. The molecule has 28 heavy (non-hydrogen) atoms. The minimum absolute atomic E-state index is 0.117. The maximum Gasteiger partial charge on any atom is 0.326 e. The molecule has 5 N–H and O–H groups in total. The van der Waals surface area contributed by atoms with Crippen molar-refractivity contribution >= 4 is 17.8 Å². The van der Waals surface area contributed by atoms with Gasteiger partial charge in [0, 0.05) is 5.56 Å². The highest BCUT2D eigenvalue weighted by atomic mass is 16.5. The third-order valence-corrected chi connectivity index (χ3v) is 3.82. The van der Waals surface area contributed by atoms with Crippen LogP contribution in [0.5, 0.6) is 5.75 Å². The summed E-state index contributed by atoms with van der Waals surface area (Å²) in [5.74, 6) is -2.59. The van der Waals surface area contributed by atoms with Gasteiger partial charge in [0.2, 0.25) is 0 Å². The Labute approximate surface area is 161 Å². The van der Waals surface area contributed by atoms with E-state index in [2.05, 4.69) is 5.32 Å². The number of aliphatic carboxylic acids is 2. The van der Waals surface area contributed by atoms with E-state index in [4.69, 9.17) is 25.1 Å². The summed E-state index contributed by atoms with van der Waals surface area (Å²) in [5, 5.41) is 19.8. The van der Waals surface area contributed by atoms with Gasteiger partial charge in [-0.2, -0.15) is 0 Å². The lowest BCUT2D eigenvalue weighted by Gasteiger charge is -2.10. The smallest absolute Gasteiger partial charge is 0.326 e. The molecule has 2 aromatic rings. The Kier molecular flexibility index (Phi) is 7.58. The van der Waals surface area contributed by atoms with Gasteiger partial charge in [-0.25, -0.2) is 4.79 Å². The van der Waals surface area contributed by atoms with Gasteiger partial charge in [-0.15, -0.1) is 0 Å². The summed E-state index contributed by atoms with van der Waals surface area (Å²) in [4.78, 5) is 33.9. The van der Waals surface area contributed by atoms with Crippen molar-refractivity contribution in [2.75, 3.05) is 13.2 Å². The molecular formula is C19H22N2O7. The lowest BCUT2D eigenvalue weighted by molar-refractivity contribution is -0.145. The Morgan fingerprint density at radius 2 is 1.79 bits per heavy atom. The van der Waals surface area contributed by atoms with Gasteiger partial charge in [0.25, 0.3) is 5.91 Å². The second kappa shape index (κ2) is 10.1. The highest BCUT2D eigenvalue weighted by Gasteiger charge is 2.25. The first-order chi connectivity index (χ1) is 13.4. The van der Waals surface area contributed by atoms with Crippen molar-refractivity contribution in [3.8, 4) is 17.1 Å². The highest BCUT2D eigenvalue weighted by Crippen LogP contribution is 2.24. The molecule has 0 aliphatic rings. The van der Waals surface area contributed by atoms with E-state index in [1.54, 1.807) is 30.3 Å². The van der Waals surface area contributed by atoms with Crippen molar-refractivity contribution in [3.05, 3.63) is 42.2 Å². The Morgan fingerprint density at radius 1 is 1.07 bits per heavy atom. The van der Waals surface area contributed by atoms with Crippen LogP contribution in [0.1, 0.15) is 29.8 Å². The van der Waals surface area contributed by atoms with E-state index in [0.29, 0.717) is 30.2 Å². The van der Waals surface area contributed by atoms with Crippen LogP contribution in [0, 0.1) is 0 Å². The van der Waals surface area contributed by atoms with Gasteiger partial charge in [-0.05, 0) is 55.8 Å². The van der Waals surface area contributed by atoms with Crippen LogP contribution in [-0.4, -0.2) is 47.3 Å². The molecule has 1 atom stereocenters. The summed E-state index contributed by atoms with van der Waals surface area (Å²) < 4.78 is 11.0. The van der Waals surface area contributed by atoms with E-state index in [1.807, 2.05) is 0 Å². The number of carbonyl (C=O) groups excluding carboxylic acids is 1. The number of unbranched alkanes of at least 4 members (excludes halogenated alkanes) is 1. The topological polar surface area (TPSA) is 152 Å². The second-order valence-electron chi connectivity index (χ2n) is 5.99. The van der Waals surface area contributed by atoms with Crippen molar-refractivity contribution in [1.29, 1.82) is 0 Å². The third kappa shape index (κ3) is 6.13. The van der Waals surface area contributed by atoms with Gasteiger partial charge in [-0.1, -0.05) is 0 Å². The number of rotatable bonds is 11. The van der Waals surface area contributed by atoms with E-state index in [1.165, 1.54) is 6.07 Å². The molecule has 0 fully saturated rings. The fourth-order valence-electron chi connectivity index (χ4n) is 2.37. The molecule has 0 radical (unpaired) electrons. The zero-order valence-corrected chi connectivity index (χ0v) is 15.1. The zero-order chi connectivity index (χ0) is 20.5. The summed E-state index contributed by atoms with van der Waals surface area (Å²) in [6.45, 7) is 1.20. The van der Waals surface area contributed by atoms with Crippen molar-refractivity contribution in [3.63, 3.8) is 0 Å². The molecule has 0 bridgehead atoms. The van der Waals surface area contributed by atoms with E-state index in [0.717, 1.165) is 12.8 Å². The summed E-state index contributed by atoms with van der Waals surface area (Å²) in [5.41, 5.74) is 6.13. The minimum atomic E-state index is -1.55. The number of hydrogen-bond acceptors (Lipinski definition) is 6. The minimum Gasteiger partial charge on any atom is -0.494 e. The van der Waals surface area contributed by atoms with Gasteiger partial charge in [0.15, 0.2) is 5.76 Å². The number of nitrogens with one attached hydrogen (secondary N) is 1. The molecular weight excluding hydrogens is 368 g/mol. The molecule has 1 aromatic carbocycles. The van der Waals surface area contributed by atoms with Crippen LogP contribution in [0.3, 0.4) is 0 Å². The Hall–Kier alpha value is -3.33. The molecule has 1 aromatic heterocycles. The fraction of sp³-hybridized carbons (Fsp3) is 0.316. The summed E-state index contributed by atoms with van der Waals surface area (Å²) >= 11 is 0. The molecule has 1 heterocycles. The molecule has 0 saturated carbocycles. The fourth-order valence-corrected chi connectivity index (χ4v) is 2.37. The van der Waals surface area contributed by atoms with E-state index >= 15 is 0 Å². The van der Waals surface area contributed by atoms with Gasteiger partial charge in [0.05, 0.1) is 13.0 Å². The first-order valence-corrected chi connectivity index (χ1v) is 8.69. The molecule has 0 spiro atoms. The van der Waals surface area contributed by atoms with Crippen LogP contribution in [-0.2, 0) is 9.59 Å². The van der Waals surface area contributed by atoms with Gasteiger partial charge in [0.1, 0.15) is 17.6 Å². The van der Waals surface area contributed by atoms with Crippen LogP contribution < -0.4 is 15.8 Å². The van der Waals surface area contributed by atoms with Crippen LogP contribution in [0.2, 0.25) is 0 Å². The predicted octanol–water partition coefficient (Wildman–Crippen LogP) is 1.72. The Morgan fingerprint density at radius 3 is 2.39 bits per heavy atom. The number of carboxylic acid groups (broad SMARTS) is 2. The number of amides is 1. The zero-order valence-electron chi connectivity index (χ0n) is 15.1. The summed E-state index contributed by atoms with van der Waals surface area (Å²) in [6.07, 6.45) is 1.03. The Bertz CT molecular complexity index is 814. The first-order valence-electron chi connectivity index (χ1n) is 8.69. The molecule has 9 heteroatoms. The third-order valence-electron chi connectivity index (χ3n) is 3.82. The SMILES string of the molecule is NCCCCOc1ccc(-c2ccc(C(=O)N[C@@H](CC(=O)O)C(=O)O)o2)cc1. The van der Waals surface area contributed by atoms with Crippen LogP contribution in [0.15, 0.2) is 40.8 Å². The number of benzene rings is 1. The van der Waals surface area contributed by atoms with Crippen molar-refractivity contribution in [2.24, 2.45) is 5.73 Å². The van der Waals surface area contributed by atoms with E-state index < -0.39 is 30.3 Å². The van der Waals surface area contributed by atoms with E-state index in [9.17, 15) is 14.4 Å². The number of ether oxygens (including phenoxy) is 1. The maximum atomic E-state index is 12.1. The average molecular weight is 390 g/mol. The molecule has 9 nitrogen and oxygen atoms in total. The molecule has 0 unspecified atom stereocenters. The van der Waals surface area contributed by atoms with Crippen LogP contribution in [0.25, 0.3) is 11.3 Å².